The van der Waals surface area contributed by atoms with Crippen molar-refractivity contribution in [2.75, 3.05) is 6.61 Å². The van der Waals surface area contributed by atoms with Crippen LogP contribution in [0.15, 0.2) is 11.0 Å². The van der Waals surface area contributed by atoms with Crippen molar-refractivity contribution in [2.45, 2.75) is 13.5 Å². The van der Waals surface area contributed by atoms with Gasteiger partial charge in [-0.2, -0.15) is 4.98 Å². The van der Waals surface area contributed by atoms with Gasteiger partial charge in [0.25, 0.3) is 11.6 Å². The monoisotopic (exact) mass is 180 g/mol. The lowest BCUT2D eigenvalue weighted by atomic mass is 10.2. The highest BCUT2D eigenvalue weighted by molar-refractivity contribution is 5.93. The van der Waals surface area contributed by atoms with Gasteiger partial charge in [-0.1, -0.05) is 0 Å². The van der Waals surface area contributed by atoms with Gasteiger partial charge in [0, 0.05) is 6.20 Å². The number of carbonyl (C=O) groups excluding carboxylic acids is 1. The molecule has 0 aromatic carbocycles. The van der Waals surface area contributed by atoms with E-state index in [4.69, 9.17) is 4.74 Å². The summed E-state index contributed by atoms with van der Waals surface area (Å²) in [4.78, 5) is 25.8. The van der Waals surface area contributed by atoms with Crippen molar-refractivity contribution in [3.05, 3.63) is 22.1 Å². The third-order valence-electron chi connectivity index (χ3n) is 1.90. The normalized spacial score (nSPS) is 13.6. The van der Waals surface area contributed by atoms with Gasteiger partial charge in [-0.3, -0.25) is 14.2 Å². The summed E-state index contributed by atoms with van der Waals surface area (Å²) in [5.41, 5.74) is -0.394. The van der Waals surface area contributed by atoms with Gasteiger partial charge in [-0.05, 0) is 6.92 Å². The molecule has 0 saturated heterocycles. The zero-order chi connectivity index (χ0) is 9.42. The van der Waals surface area contributed by atoms with E-state index < -0.39 is 5.56 Å². The Hall–Kier alpha value is -1.65. The zero-order valence-electron chi connectivity index (χ0n) is 7.11. The fourth-order valence-corrected chi connectivity index (χ4v) is 1.23. The van der Waals surface area contributed by atoms with Crippen LogP contribution in [0.25, 0.3) is 0 Å². The highest BCUT2D eigenvalue weighted by atomic mass is 16.5. The molecule has 1 aliphatic heterocycles. The number of Topliss-reactive ketones (excluding diaryl/α,β-unsaturated/α-hetero) is 1. The molecule has 0 fully saturated rings. The second kappa shape index (κ2) is 2.69. The van der Waals surface area contributed by atoms with E-state index in [0.29, 0.717) is 19.2 Å². The number of rotatable bonds is 1. The lowest BCUT2D eigenvalue weighted by molar-refractivity contribution is 0.101. The molecular weight excluding hydrogens is 172 g/mol. The van der Waals surface area contributed by atoms with Crippen LogP contribution in [-0.4, -0.2) is 21.9 Å². The van der Waals surface area contributed by atoms with Gasteiger partial charge >= 0.3 is 0 Å². The summed E-state index contributed by atoms with van der Waals surface area (Å²) in [6.45, 7) is 2.50. The second-order valence-corrected chi connectivity index (χ2v) is 2.84. The first-order valence-electron chi connectivity index (χ1n) is 3.93. The standard InChI is InChI=1S/C8H8N2O3/c1-5(11)6-4-10-2-3-13-8(10)9-7(6)12/h4H,2-3H2,1H3. The number of aromatic nitrogens is 2. The molecule has 0 aliphatic carbocycles. The van der Waals surface area contributed by atoms with Crippen LogP contribution < -0.4 is 10.3 Å². The van der Waals surface area contributed by atoms with Crippen molar-refractivity contribution < 1.29 is 9.53 Å². The van der Waals surface area contributed by atoms with E-state index in [9.17, 15) is 9.59 Å². The third kappa shape index (κ3) is 1.22. The van der Waals surface area contributed by atoms with E-state index in [1.807, 2.05) is 0 Å². The number of nitrogens with zero attached hydrogens (tertiary/aromatic N) is 2. The molecule has 13 heavy (non-hydrogen) atoms. The molecule has 0 atom stereocenters. The van der Waals surface area contributed by atoms with Crippen LogP contribution in [0, 0.1) is 0 Å². The molecule has 0 saturated carbocycles. The van der Waals surface area contributed by atoms with Crippen molar-refractivity contribution in [3.63, 3.8) is 0 Å². The molecule has 68 valence electrons. The molecule has 0 N–H and O–H groups in total. The molecule has 0 unspecified atom stereocenters. The van der Waals surface area contributed by atoms with Gasteiger partial charge in [0.2, 0.25) is 0 Å². The fourth-order valence-electron chi connectivity index (χ4n) is 1.23. The van der Waals surface area contributed by atoms with Gasteiger partial charge < -0.3 is 4.74 Å². The Morgan fingerprint density at radius 2 is 2.46 bits per heavy atom. The molecule has 0 amide bonds. The number of carbonyl (C=O) groups is 1. The fraction of sp³-hybridized carbons (Fsp3) is 0.375. The SMILES string of the molecule is CC(=O)c1cn2c(nc1=O)OCC2. The zero-order valence-corrected chi connectivity index (χ0v) is 7.11. The smallest absolute Gasteiger partial charge is 0.299 e. The summed E-state index contributed by atoms with van der Waals surface area (Å²) in [6, 6.07) is 0.301. The van der Waals surface area contributed by atoms with Crippen LogP contribution in [0.3, 0.4) is 0 Å². The first kappa shape index (κ1) is 7.97. The quantitative estimate of drug-likeness (QED) is 0.563. The first-order valence-corrected chi connectivity index (χ1v) is 3.93. The number of hydrogen-bond acceptors (Lipinski definition) is 4. The summed E-state index contributed by atoms with van der Waals surface area (Å²) in [5.74, 6) is -0.264. The third-order valence-corrected chi connectivity index (χ3v) is 1.90. The minimum atomic E-state index is -0.513. The minimum Gasteiger partial charge on any atom is -0.463 e. The molecule has 1 aromatic heterocycles. The number of ether oxygens (including phenoxy) is 1. The van der Waals surface area contributed by atoms with Crippen LogP contribution in [0.1, 0.15) is 17.3 Å². The van der Waals surface area contributed by atoms with Gasteiger partial charge in [0.15, 0.2) is 5.78 Å². The average Bonchev–Trinajstić information content (AvgIpc) is 2.48. The molecule has 0 radical (unpaired) electrons. The summed E-state index contributed by atoms with van der Waals surface area (Å²) < 4.78 is 6.72. The summed E-state index contributed by atoms with van der Waals surface area (Å²) in [6.07, 6.45) is 1.50. The molecule has 2 rings (SSSR count). The van der Waals surface area contributed by atoms with E-state index >= 15 is 0 Å². The lowest BCUT2D eigenvalue weighted by Gasteiger charge is -2.00. The highest BCUT2D eigenvalue weighted by Crippen LogP contribution is 2.11. The van der Waals surface area contributed by atoms with Crippen molar-refractivity contribution >= 4 is 5.78 Å². The van der Waals surface area contributed by atoms with Crippen LogP contribution in [0.2, 0.25) is 0 Å². The van der Waals surface area contributed by atoms with E-state index in [-0.39, 0.29) is 11.3 Å². The Kier molecular flexibility index (Phi) is 1.65. The van der Waals surface area contributed by atoms with Crippen molar-refractivity contribution in [1.82, 2.24) is 9.55 Å². The molecule has 1 aromatic rings. The maximum absolute atomic E-state index is 11.2. The van der Waals surface area contributed by atoms with E-state index in [0.717, 1.165) is 0 Å². The predicted molar refractivity (Wildman–Crippen MR) is 44.0 cm³/mol. The van der Waals surface area contributed by atoms with Crippen molar-refractivity contribution in [2.24, 2.45) is 0 Å². The predicted octanol–water partition coefficient (Wildman–Crippen LogP) is -0.162. The highest BCUT2D eigenvalue weighted by Gasteiger charge is 2.16. The van der Waals surface area contributed by atoms with Crippen LogP contribution in [0.4, 0.5) is 0 Å². The Labute approximate surface area is 74.0 Å². The molecular formula is C8H8N2O3. The maximum atomic E-state index is 11.2. The van der Waals surface area contributed by atoms with E-state index in [1.165, 1.54) is 13.1 Å². The van der Waals surface area contributed by atoms with Crippen LogP contribution >= 0.6 is 0 Å². The molecule has 5 nitrogen and oxygen atoms in total. The summed E-state index contributed by atoms with van der Waals surface area (Å²) in [7, 11) is 0. The van der Waals surface area contributed by atoms with Crippen LogP contribution in [-0.2, 0) is 6.54 Å². The van der Waals surface area contributed by atoms with Gasteiger partial charge in [0.05, 0.1) is 6.54 Å². The molecule has 0 spiro atoms. The summed E-state index contributed by atoms with van der Waals surface area (Å²) >= 11 is 0. The molecule has 0 bridgehead atoms. The Morgan fingerprint density at radius 3 is 3.15 bits per heavy atom. The second-order valence-electron chi connectivity index (χ2n) is 2.84. The maximum Gasteiger partial charge on any atom is 0.299 e. The molecule has 5 heteroatoms. The minimum absolute atomic E-state index is 0.120. The van der Waals surface area contributed by atoms with Crippen LogP contribution in [0.5, 0.6) is 6.01 Å². The van der Waals surface area contributed by atoms with Gasteiger partial charge in [-0.25, -0.2) is 0 Å². The van der Waals surface area contributed by atoms with Crippen molar-refractivity contribution in [1.29, 1.82) is 0 Å². The number of hydrogen-bond donors (Lipinski definition) is 0. The Balaban J connectivity index is 2.62. The topological polar surface area (TPSA) is 61.2 Å². The Morgan fingerprint density at radius 1 is 1.69 bits per heavy atom. The average molecular weight is 180 g/mol. The van der Waals surface area contributed by atoms with Gasteiger partial charge in [-0.15, -0.1) is 0 Å². The summed E-state index contributed by atoms with van der Waals surface area (Å²) in [5, 5.41) is 0. The molecule has 2 heterocycles. The first-order chi connectivity index (χ1) is 6.18. The Bertz CT molecular complexity index is 422. The van der Waals surface area contributed by atoms with E-state index in [1.54, 1.807) is 4.57 Å². The lowest BCUT2D eigenvalue weighted by Crippen LogP contribution is -2.18. The van der Waals surface area contributed by atoms with Gasteiger partial charge in [0.1, 0.15) is 12.2 Å². The van der Waals surface area contributed by atoms with E-state index in [2.05, 4.69) is 4.98 Å². The molecule has 1 aliphatic rings. The van der Waals surface area contributed by atoms with Crippen molar-refractivity contribution in [3.8, 4) is 6.01 Å². The largest absolute Gasteiger partial charge is 0.463 e. The number of fused-ring (bicyclic) bond motifs is 1. The number of ketones is 1.